The van der Waals surface area contributed by atoms with Crippen molar-refractivity contribution in [1.82, 2.24) is 0 Å². The van der Waals surface area contributed by atoms with Crippen molar-refractivity contribution in [2.75, 3.05) is 7.11 Å². The molecule has 0 fully saturated rings. The highest BCUT2D eigenvalue weighted by Gasteiger charge is 2.13. The molecule has 0 amide bonds. The molecule has 0 unspecified atom stereocenters. The van der Waals surface area contributed by atoms with Crippen molar-refractivity contribution < 1.29 is 14.3 Å². The Balaban J connectivity index is 2.05. The first-order chi connectivity index (χ1) is 11.8. The highest BCUT2D eigenvalue weighted by molar-refractivity contribution is 6.17. The third-order valence-electron chi connectivity index (χ3n) is 4.90. The molecule has 1 aromatic carbocycles. The molecule has 0 radical (unpaired) electrons. The predicted octanol–water partition coefficient (Wildman–Crippen LogP) is 4.52. The molecule has 0 saturated carbocycles. The van der Waals surface area contributed by atoms with Crippen LogP contribution in [0.15, 0.2) is 41.5 Å². The van der Waals surface area contributed by atoms with E-state index in [9.17, 15) is 9.59 Å². The summed E-state index contributed by atoms with van der Waals surface area (Å²) in [6.45, 7) is 8.42. The van der Waals surface area contributed by atoms with E-state index in [0.29, 0.717) is 12.0 Å². The van der Waals surface area contributed by atoms with E-state index in [1.807, 2.05) is 0 Å². The van der Waals surface area contributed by atoms with Crippen LogP contribution in [0.5, 0.6) is 5.75 Å². The summed E-state index contributed by atoms with van der Waals surface area (Å²) >= 11 is 0. The maximum Gasteiger partial charge on any atom is 0.182 e. The second-order valence-electron chi connectivity index (χ2n) is 6.65. The maximum absolute atomic E-state index is 11.8. The molecule has 3 nitrogen and oxygen atoms in total. The van der Waals surface area contributed by atoms with Crippen LogP contribution in [-0.2, 0) is 16.0 Å². The van der Waals surface area contributed by atoms with Crippen molar-refractivity contribution >= 4 is 11.6 Å². The second kappa shape index (κ2) is 8.11. The molecule has 0 saturated heterocycles. The highest BCUT2D eigenvalue weighted by atomic mass is 16.5. The topological polar surface area (TPSA) is 43.4 Å². The lowest BCUT2D eigenvalue weighted by Crippen LogP contribution is -2.07. The summed E-state index contributed by atoms with van der Waals surface area (Å²) in [6.07, 6.45) is 8.56. The van der Waals surface area contributed by atoms with E-state index >= 15 is 0 Å². The van der Waals surface area contributed by atoms with E-state index in [1.54, 1.807) is 7.11 Å². The molecule has 1 aromatic rings. The van der Waals surface area contributed by atoms with Gasteiger partial charge in [-0.2, -0.15) is 0 Å². The van der Waals surface area contributed by atoms with E-state index in [0.717, 1.165) is 18.6 Å². The summed E-state index contributed by atoms with van der Waals surface area (Å²) in [7, 11) is 1.70. The lowest BCUT2D eigenvalue weighted by molar-refractivity contribution is -0.114. The zero-order chi connectivity index (χ0) is 18.6. The first kappa shape index (κ1) is 18.9. The van der Waals surface area contributed by atoms with Crippen molar-refractivity contribution in [2.24, 2.45) is 0 Å². The third-order valence-corrected chi connectivity index (χ3v) is 4.90. The molecule has 1 aliphatic carbocycles. The maximum atomic E-state index is 11.8. The smallest absolute Gasteiger partial charge is 0.182 e. The van der Waals surface area contributed by atoms with Gasteiger partial charge in [-0.3, -0.25) is 9.59 Å². The molecule has 0 atom stereocenters. The van der Waals surface area contributed by atoms with Crippen LogP contribution in [-0.4, -0.2) is 18.7 Å². The van der Waals surface area contributed by atoms with Gasteiger partial charge in [-0.05, 0) is 93.5 Å². The van der Waals surface area contributed by atoms with Crippen LogP contribution in [0.4, 0.5) is 0 Å². The molecule has 0 bridgehead atoms. The lowest BCUT2D eigenvalue weighted by Gasteiger charge is -2.16. The molecule has 0 aromatic heterocycles. The Morgan fingerprint density at radius 2 is 1.84 bits per heavy atom. The zero-order valence-corrected chi connectivity index (χ0v) is 15.7. The Bertz CT molecular complexity index is 792. The van der Waals surface area contributed by atoms with Crippen LogP contribution in [0.1, 0.15) is 42.0 Å². The first-order valence-electron chi connectivity index (χ1n) is 8.59. The van der Waals surface area contributed by atoms with Crippen LogP contribution in [0.25, 0.3) is 0 Å². The van der Waals surface area contributed by atoms with Crippen molar-refractivity contribution in [3.05, 3.63) is 63.8 Å². The third kappa shape index (κ3) is 4.56. The van der Waals surface area contributed by atoms with Gasteiger partial charge in [0.25, 0.3) is 0 Å². The summed E-state index contributed by atoms with van der Waals surface area (Å²) in [4.78, 5) is 23.2. The minimum atomic E-state index is -0.111. The predicted molar refractivity (Wildman–Crippen MR) is 101 cm³/mol. The molecular weight excluding hydrogens is 312 g/mol. The van der Waals surface area contributed by atoms with Crippen molar-refractivity contribution in [1.29, 1.82) is 0 Å². The Morgan fingerprint density at radius 3 is 2.52 bits per heavy atom. The summed E-state index contributed by atoms with van der Waals surface area (Å²) in [5, 5.41) is 0. The van der Waals surface area contributed by atoms with E-state index in [2.05, 4.69) is 39.8 Å². The van der Waals surface area contributed by atoms with Gasteiger partial charge in [0, 0.05) is 5.57 Å². The van der Waals surface area contributed by atoms with Crippen molar-refractivity contribution in [2.45, 2.75) is 47.0 Å². The van der Waals surface area contributed by atoms with Crippen LogP contribution in [0.3, 0.4) is 0 Å². The largest absolute Gasteiger partial charge is 0.496 e. The Kier molecular flexibility index (Phi) is 6.13. The fourth-order valence-corrected chi connectivity index (χ4v) is 3.12. The molecule has 1 aliphatic rings. The van der Waals surface area contributed by atoms with Crippen LogP contribution in [0, 0.1) is 20.8 Å². The van der Waals surface area contributed by atoms with Gasteiger partial charge >= 0.3 is 0 Å². The Morgan fingerprint density at radius 1 is 1.12 bits per heavy atom. The van der Waals surface area contributed by atoms with Gasteiger partial charge in [0.2, 0.25) is 0 Å². The number of ether oxygens (including phenoxy) is 1. The van der Waals surface area contributed by atoms with Crippen LogP contribution < -0.4 is 4.74 Å². The average molecular weight is 338 g/mol. The number of allylic oxidation sites excluding steroid dienone is 6. The number of rotatable bonds is 6. The van der Waals surface area contributed by atoms with Crippen LogP contribution in [0.2, 0.25) is 0 Å². The monoisotopic (exact) mass is 338 g/mol. The highest BCUT2D eigenvalue weighted by Crippen LogP contribution is 2.29. The molecule has 132 valence electrons. The Labute approximate surface area is 150 Å². The van der Waals surface area contributed by atoms with E-state index in [4.69, 9.17) is 4.74 Å². The number of methoxy groups -OCH3 is 1. The SMILES string of the molecule is COc1cc(C)c(CCC(C)=CCC2=CC(=O)C=CC2=O)c(C)c1C. The second-order valence-corrected chi connectivity index (χ2v) is 6.65. The number of ketones is 2. The molecule has 0 spiro atoms. The fourth-order valence-electron chi connectivity index (χ4n) is 3.12. The minimum Gasteiger partial charge on any atom is -0.496 e. The normalized spacial score (nSPS) is 14.8. The summed E-state index contributed by atoms with van der Waals surface area (Å²) in [5.74, 6) is 0.758. The molecule has 0 heterocycles. The molecular formula is C22H26O3. The van der Waals surface area contributed by atoms with E-state index < -0.39 is 0 Å². The minimum absolute atomic E-state index is 0.0684. The molecule has 3 heteroatoms. The average Bonchev–Trinajstić information content (AvgIpc) is 2.58. The number of carbonyl (C=O) groups excluding carboxylic acids is 2. The number of aryl methyl sites for hydroxylation is 1. The lowest BCUT2D eigenvalue weighted by atomic mass is 9.92. The molecule has 25 heavy (non-hydrogen) atoms. The van der Waals surface area contributed by atoms with E-state index in [1.165, 1.54) is 46.1 Å². The number of carbonyl (C=O) groups is 2. The molecule has 2 rings (SSSR count). The quantitative estimate of drug-likeness (QED) is 0.565. The van der Waals surface area contributed by atoms with Gasteiger partial charge in [-0.1, -0.05) is 11.6 Å². The zero-order valence-electron chi connectivity index (χ0n) is 15.7. The van der Waals surface area contributed by atoms with Gasteiger partial charge in [0.15, 0.2) is 11.6 Å². The standard InChI is InChI=1S/C22H26O3/c1-14(6-8-18-13-19(23)9-11-21(18)24)7-10-20-15(2)12-22(25-5)17(4)16(20)3/h6,9,11-13H,7-8,10H2,1-5H3. The van der Waals surface area contributed by atoms with Crippen molar-refractivity contribution in [3.8, 4) is 5.75 Å². The summed E-state index contributed by atoms with van der Waals surface area (Å²) in [5.41, 5.74) is 6.87. The van der Waals surface area contributed by atoms with Crippen molar-refractivity contribution in [3.63, 3.8) is 0 Å². The van der Waals surface area contributed by atoms with Gasteiger partial charge in [-0.25, -0.2) is 0 Å². The number of hydrogen-bond acceptors (Lipinski definition) is 3. The van der Waals surface area contributed by atoms with E-state index in [-0.39, 0.29) is 11.6 Å². The van der Waals surface area contributed by atoms with Gasteiger partial charge in [0.05, 0.1) is 7.11 Å². The molecule has 0 N–H and O–H groups in total. The summed E-state index contributed by atoms with van der Waals surface area (Å²) in [6, 6.07) is 2.10. The van der Waals surface area contributed by atoms with Gasteiger partial charge in [0.1, 0.15) is 5.75 Å². The summed E-state index contributed by atoms with van der Waals surface area (Å²) < 4.78 is 5.43. The van der Waals surface area contributed by atoms with Gasteiger partial charge < -0.3 is 4.74 Å². The van der Waals surface area contributed by atoms with Gasteiger partial charge in [-0.15, -0.1) is 0 Å². The molecule has 0 aliphatic heterocycles. The Hall–Kier alpha value is -2.42. The number of benzene rings is 1. The first-order valence-corrected chi connectivity index (χ1v) is 8.59. The fraction of sp³-hybridized carbons (Fsp3) is 0.364. The number of hydrogen-bond donors (Lipinski definition) is 0. The van der Waals surface area contributed by atoms with Crippen LogP contribution >= 0.6 is 0 Å².